The molecule has 0 amide bonds. The standard InChI is InChI=1S/C16H25NO2.C7H6O3/c1-17(2)12-14-7-4-5-10-16(14,18)13-8-6-9-15(11-13)19-3;8-6-4-2-1-3-5(6)7(9)10/h6,8-9,11,14,18H,4-5,7,10,12H2,1-3H3;1-4,8H,(H,9,10)/t14-,16+;/m1./s1. The van der Waals surface area contributed by atoms with E-state index < -0.39 is 11.6 Å². The molecule has 3 rings (SSSR count). The smallest absolute Gasteiger partial charge is 0.339 e. The summed E-state index contributed by atoms with van der Waals surface area (Å²) in [6, 6.07) is 13.7. The summed E-state index contributed by atoms with van der Waals surface area (Å²) in [7, 11) is 5.81. The molecule has 0 aliphatic heterocycles. The van der Waals surface area contributed by atoms with Crippen molar-refractivity contribution in [3.63, 3.8) is 0 Å². The number of carboxylic acid groups (broad SMARTS) is 1. The molecule has 2 atom stereocenters. The second-order valence-corrected chi connectivity index (χ2v) is 7.68. The Morgan fingerprint density at radius 3 is 2.48 bits per heavy atom. The van der Waals surface area contributed by atoms with Gasteiger partial charge < -0.3 is 25.0 Å². The lowest BCUT2D eigenvalue weighted by Crippen LogP contribution is -2.43. The lowest BCUT2D eigenvalue weighted by atomic mass is 9.71. The second-order valence-electron chi connectivity index (χ2n) is 7.68. The Labute approximate surface area is 172 Å². The van der Waals surface area contributed by atoms with Crippen molar-refractivity contribution in [2.24, 2.45) is 5.92 Å². The van der Waals surface area contributed by atoms with E-state index in [1.807, 2.05) is 24.3 Å². The molecular weight excluding hydrogens is 370 g/mol. The highest BCUT2D eigenvalue weighted by molar-refractivity contribution is 5.90. The van der Waals surface area contributed by atoms with E-state index in [2.05, 4.69) is 19.0 Å². The first-order chi connectivity index (χ1) is 13.8. The van der Waals surface area contributed by atoms with Gasteiger partial charge in [-0.3, -0.25) is 0 Å². The van der Waals surface area contributed by atoms with Crippen LogP contribution in [0.2, 0.25) is 0 Å². The zero-order valence-corrected chi connectivity index (χ0v) is 17.3. The molecule has 0 spiro atoms. The minimum Gasteiger partial charge on any atom is -0.507 e. The van der Waals surface area contributed by atoms with Crippen molar-refractivity contribution in [2.45, 2.75) is 31.3 Å². The van der Waals surface area contributed by atoms with Gasteiger partial charge in [0.1, 0.15) is 17.1 Å². The van der Waals surface area contributed by atoms with Crippen LogP contribution in [0.25, 0.3) is 0 Å². The number of hydrogen-bond acceptors (Lipinski definition) is 5. The van der Waals surface area contributed by atoms with Crippen LogP contribution in [0.15, 0.2) is 48.5 Å². The predicted octanol–water partition coefficient (Wildman–Crippen LogP) is 3.73. The number of aromatic carboxylic acids is 1. The average molecular weight is 402 g/mol. The van der Waals surface area contributed by atoms with E-state index in [-0.39, 0.29) is 11.3 Å². The van der Waals surface area contributed by atoms with Crippen LogP contribution in [0.5, 0.6) is 11.5 Å². The maximum atomic E-state index is 11.2. The summed E-state index contributed by atoms with van der Waals surface area (Å²) in [4.78, 5) is 12.4. The van der Waals surface area contributed by atoms with E-state index >= 15 is 0 Å². The lowest BCUT2D eigenvalue weighted by Gasteiger charge is -2.41. The Morgan fingerprint density at radius 1 is 1.17 bits per heavy atom. The third-order valence-corrected chi connectivity index (χ3v) is 5.33. The molecule has 0 unspecified atom stereocenters. The first-order valence-electron chi connectivity index (χ1n) is 9.81. The van der Waals surface area contributed by atoms with Gasteiger partial charge in [-0.2, -0.15) is 0 Å². The molecule has 0 aromatic heterocycles. The molecule has 0 bridgehead atoms. The molecule has 2 aromatic carbocycles. The van der Waals surface area contributed by atoms with Crippen molar-refractivity contribution in [3.05, 3.63) is 59.7 Å². The normalized spacial score (nSPS) is 21.2. The molecule has 6 nitrogen and oxygen atoms in total. The molecule has 1 aliphatic carbocycles. The minimum atomic E-state index is -1.11. The van der Waals surface area contributed by atoms with E-state index in [0.29, 0.717) is 5.92 Å². The van der Waals surface area contributed by atoms with Gasteiger partial charge in [-0.15, -0.1) is 0 Å². The number of hydrogen-bond donors (Lipinski definition) is 3. The monoisotopic (exact) mass is 401 g/mol. The molecule has 158 valence electrons. The first-order valence-corrected chi connectivity index (χ1v) is 9.81. The number of para-hydroxylation sites is 1. The van der Waals surface area contributed by atoms with Crippen LogP contribution in [0, 0.1) is 5.92 Å². The largest absolute Gasteiger partial charge is 0.507 e. The zero-order chi connectivity index (χ0) is 21.4. The molecule has 1 saturated carbocycles. The van der Waals surface area contributed by atoms with Crippen LogP contribution >= 0.6 is 0 Å². The molecule has 1 fully saturated rings. The van der Waals surface area contributed by atoms with Crippen LogP contribution in [0.3, 0.4) is 0 Å². The van der Waals surface area contributed by atoms with Gasteiger partial charge >= 0.3 is 5.97 Å². The quantitative estimate of drug-likeness (QED) is 0.707. The third-order valence-electron chi connectivity index (χ3n) is 5.33. The molecule has 29 heavy (non-hydrogen) atoms. The molecular formula is C23H31NO5. The van der Waals surface area contributed by atoms with Crippen LogP contribution in [-0.4, -0.2) is 53.9 Å². The van der Waals surface area contributed by atoms with Gasteiger partial charge in [0.2, 0.25) is 0 Å². The maximum absolute atomic E-state index is 11.2. The van der Waals surface area contributed by atoms with Gasteiger partial charge in [0.05, 0.1) is 12.7 Å². The number of aliphatic hydroxyl groups is 1. The highest BCUT2D eigenvalue weighted by Crippen LogP contribution is 2.42. The third kappa shape index (κ3) is 5.95. The molecule has 3 N–H and O–H groups in total. The number of rotatable bonds is 5. The fourth-order valence-corrected chi connectivity index (χ4v) is 3.84. The van der Waals surface area contributed by atoms with E-state index in [1.165, 1.54) is 18.6 Å². The van der Waals surface area contributed by atoms with E-state index in [4.69, 9.17) is 14.9 Å². The Hall–Kier alpha value is -2.57. The number of aromatic hydroxyl groups is 1. The van der Waals surface area contributed by atoms with Gasteiger partial charge in [-0.25, -0.2) is 4.79 Å². The Morgan fingerprint density at radius 2 is 1.90 bits per heavy atom. The van der Waals surface area contributed by atoms with E-state index in [9.17, 15) is 9.90 Å². The van der Waals surface area contributed by atoms with Gasteiger partial charge in [-0.05, 0) is 56.8 Å². The lowest BCUT2D eigenvalue weighted by molar-refractivity contribution is -0.0619. The molecule has 0 heterocycles. The summed E-state index contributed by atoms with van der Waals surface area (Å²) >= 11 is 0. The number of carboxylic acids is 1. The summed E-state index contributed by atoms with van der Waals surface area (Å²) in [6.07, 6.45) is 4.24. The number of nitrogens with zero attached hydrogens (tertiary/aromatic N) is 1. The van der Waals surface area contributed by atoms with E-state index in [1.54, 1.807) is 19.2 Å². The first kappa shape index (κ1) is 22.7. The summed E-state index contributed by atoms with van der Waals surface area (Å²) < 4.78 is 5.29. The predicted molar refractivity (Wildman–Crippen MR) is 112 cm³/mol. The Balaban J connectivity index is 0.000000253. The Kier molecular flexibility index (Phi) is 8.05. The van der Waals surface area contributed by atoms with Crippen LogP contribution in [0.1, 0.15) is 41.6 Å². The van der Waals surface area contributed by atoms with Crippen molar-refractivity contribution >= 4 is 5.97 Å². The van der Waals surface area contributed by atoms with Crippen LogP contribution in [0.4, 0.5) is 0 Å². The fraction of sp³-hybridized carbons (Fsp3) is 0.435. The Bertz CT molecular complexity index is 807. The van der Waals surface area contributed by atoms with Gasteiger partial charge in [0, 0.05) is 12.5 Å². The number of methoxy groups -OCH3 is 1. The number of carbonyl (C=O) groups is 1. The molecule has 0 saturated heterocycles. The molecule has 0 radical (unpaired) electrons. The number of phenols is 1. The van der Waals surface area contributed by atoms with Crippen LogP contribution < -0.4 is 4.74 Å². The fourth-order valence-electron chi connectivity index (χ4n) is 3.84. The summed E-state index contributed by atoms with van der Waals surface area (Å²) in [6.45, 7) is 0.924. The number of benzene rings is 2. The zero-order valence-electron chi connectivity index (χ0n) is 17.3. The SMILES string of the molecule is COc1cccc([C@@]2(O)CCCC[C@@H]2CN(C)C)c1.O=C(O)c1ccccc1O. The van der Waals surface area contributed by atoms with Crippen molar-refractivity contribution in [2.75, 3.05) is 27.7 Å². The average Bonchev–Trinajstić information content (AvgIpc) is 2.70. The highest BCUT2D eigenvalue weighted by atomic mass is 16.5. The van der Waals surface area contributed by atoms with Crippen molar-refractivity contribution in [1.29, 1.82) is 0 Å². The second kappa shape index (κ2) is 10.3. The van der Waals surface area contributed by atoms with Crippen molar-refractivity contribution in [3.8, 4) is 11.5 Å². The van der Waals surface area contributed by atoms with Crippen LogP contribution in [-0.2, 0) is 5.60 Å². The van der Waals surface area contributed by atoms with Gasteiger partial charge in [-0.1, -0.05) is 37.1 Å². The van der Waals surface area contributed by atoms with Crippen molar-refractivity contribution < 1.29 is 24.9 Å². The topological polar surface area (TPSA) is 90.2 Å². The highest BCUT2D eigenvalue weighted by Gasteiger charge is 2.40. The van der Waals surface area contributed by atoms with E-state index in [0.717, 1.165) is 37.1 Å². The molecule has 2 aromatic rings. The summed E-state index contributed by atoms with van der Waals surface area (Å²) in [5.41, 5.74) is 0.220. The van der Waals surface area contributed by atoms with Crippen molar-refractivity contribution in [1.82, 2.24) is 4.90 Å². The summed E-state index contributed by atoms with van der Waals surface area (Å²) in [5, 5.41) is 28.5. The van der Waals surface area contributed by atoms with Gasteiger partial charge in [0.25, 0.3) is 0 Å². The maximum Gasteiger partial charge on any atom is 0.339 e. The summed E-state index contributed by atoms with van der Waals surface area (Å²) in [5.74, 6) is -0.198. The number of ether oxygens (including phenoxy) is 1. The van der Waals surface area contributed by atoms with Gasteiger partial charge in [0.15, 0.2) is 0 Å². The molecule has 6 heteroatoms. The minimum absolute atomic E-state index is 0.0671. The molecule has 1 aliphatic rings.